The average molecular weight is 255 g/mol. The molecule has 0 aliphatic heterocycles. The first kappa shape index (κ1) is 14.0. The standard InChI is InChI=1S/C11H14FN3O3/c1-11(2,10(13)16)14-6-7-4-3-5-8(9(7)12)15(17)18/h3-5,14H,6H2,1-2H3,(H2,13,16). The van der Waals surface area contributed by atoms with Crippen molar-refractivity contribution in [2.24, 2.45) is 5.73 Å². The number of hydrogen-bond donors (Lipinski definition) is 2. The van der Waals surface area contributed by atoms with Gasteiger partial charge in [0.25, 0.3) is 0 Å². The molecule has 0 spiro atoms. The molecule has 98 valence electrons. The second-order valence-corrected chi connectivity index (χ2v) is 4.35. The van der Waals surface area contributed by atoms with Crippen molar-refractivity contribution in [1.82, 2.24) is 5.32 Å². The van der Waals surface area contributed by atoms with Gasteiger partial charge in [0.2, 0.25) is 11.7 Å². The summed E-state index contributed by atoms with van der Waals surface area (Å²) >= 11 is 0. The van der Waals surface area contributed by atoms with E-state index in [4.69, 9.17) is 5.73 Å². The van der Waals surface area contributed by atoms with E-state index in [0.717, 1.165) is 6.07 Å². The van der Waals surface area contributed by atoms with Crippen LogP contribution in [0.25, 0.3) is 0 Å². The smallest absolute Gasteiger partial charge is 0.305 e. The predicted octanol–water partition coefficient (Wildman–Crippen LogP) is 1.09. The number of nitrogens with one attached hydrogen (secondary N) is 1. The van der Waals surface area contributed by atoms with Gasteiger partial charge in [0.15, 0.2) is 0 Å². The number of primary amides is 1. The van der Waals surface area contributed by atoms with Gasteiger partial charge in [0.1, 0.15) is 0 Å². The first-order valence-electron chi connectivity index (χ1n) is 5.22. The van der Waals surface area contributed by atoms with Crippen molar-refractivity contribution in [3.8, 4) is 0 Å². The Morgan fingerprint density at radius 1 is 1.56 bits per heavy atom. The van der Waals surface area contributed by atoms with Gasteiger partial charge in [-0.1, -0.05) is 12.1 Å². The topological polar surface area (TPSA) is 98.3 Å². The van der Waals surface area contributed by atoms with E-state index in [-0.39, 0.29) is 12.1 Å². The molecule has 0 aliphatic carbocycles. The summed E-state index contributed by atoms with van der Waals surface area (Å²) in [4.78, 5) is 20.8. The summed E-state index contributed by atoms with van der Waals surface area (Å²) < 4.78 is 13.7. The lowest BCUT2D eigenvalue weighted by atomic mass is 10.0. The Labute approximate surface area is 103 Å². The van der Waals surface area contributed by atoms with Crippen molar-refractivity contribution in [3.63, 3.8) is 0 Å². The van der Waals surface area contributed by atoms with E-state index < -0.39 is 27.9 Å². The Kier molecular flexibility index (Phi) is 3.97. The van der Waals surface area contributed by atoms with Gasteiger partial charge >= 0.3 is 5.69 Å². The maximum atomic E-state index is 13.7. The summed E-state index contributed by atoms with van der Waals surface area (Å²) in [5.41, 5.74) is 3.65. The lowest BCUT2D eigenvalue weighted by molar-refractivity contribution is -0.387. The Morgan fingerprint density at radius 3 is 2.67 bits per heavy atom. The number of rotatable bonds is 5. The monoisotopic (exact) mass is 255 g/mol. The number of halogens is 1. The molecule has 0 unspecified atom stereocenters. The largest absolute Gasteiger partial charge is 0.368 e. The zero-order chi connectivity index (χ0) is 13.9. The van der Waals surface area contributed by atoms with Crippen LogP contribution >= 0.6 is 0 Å². The summed E-state index contributed by atoms with van der Waals surface area (Å²) in [5, 5.41) is 13.3. The van der Waals surface area contributed by atoms with E-state index in [9.17, 15) is 19.3 Å². The highest BCUT2D eigenvalue weighted by molar-refractivity contribution is 5.83. The molecule has 1 aromatic carbocycles. The lowest BCUT2D eigenvalue weighted by Gasteiger charge is -2.22. The number of carbonyl (C=O) groups is 1. The maximum Gasteiger partial charge on any atom is 0.305 e. The van der Waals surface area contributed by atoms with Gasteiger partial charge in [-0.15, -0.1) is 0 Å². The molecule has 0 fully saturated rings. The third-order valence-corrected chi connectivity index (χ3v) is 2.59. The molecule has 6 nitrogen and oxygen atoms in total. The molecule has 0 heterocycles. The highest BCUT2D eigenvalue weighted by Gasteiger charge is 2.25. The van der Waals surface area contributed by atoms with Gasteiger partial charge < -0.3 is 5.73 Å². The summed E-state index contributed by atoms with van der Waals surface area (Å²) in [6.07, 6.45) is 0. The third kappa shape index (κ3) is 3.01. The third-order valence-electron chi connectivity index (χ3n) is 2.59. The van der Waals surface area contributed by atoms with Gasteiger partial charge in [0, 0.05) is 18.2 Å². The highest BCUT2D eigenvalue weighted by atomic mass is 19.1. The fourth-order valence-electron chi connectivity index (χ4n) is 1.25. The molecule has 0 bridgehead atoms. The lowest BCUT2D eigenvalue weighted by Crippen LogP contribution is -2.50. The molecular formula is C11H14FN3O3. The molecule has 7 heteroatoms. The van der Waals surface area contributed by atoms with Crippen LogP contribution in [0.3, 0.4) is 0 Å². The first-order chi connectivity index (χ1) is 8.25. The summed E-state index contributed by atoms with van der Waals surface area (Å²) in [5.74, 6) is -1.50. The zero-order valence-corrected chi connectivity index (χ0v) is 10.1. The van der Waals surface area contributed by atoms with Crippen molar-refractivity contribution < 1.29 is 14.1 Å². The van der Waals surface area contributed by atoms with Crippen LogP contribution < -0.4 is 11.1 Å². The molecule has 18 heavy (non-hydrogen) atoms. The van der Waals surface area contributed by atoms with Crippen LogP contribution in [0.15, 0.2) is 18.2 Å². The molecule has 0 aromatic heterocycles. The second-order valence-electron chi connectivity index (χ2n) is 4.35. The minimum atomic E-state index is -1.02. The number of nitrogens with zero attached hydrogens (tertiary/aromatic N) is 1. The van der Waals surface area contributed by atoms with Gasteiger partial charge in [-0.2, -0.15) is 4.39 Å². The second kappa shape index (κ2) is 5.09. The number of hydrogen-bond acceptors (Lipinski definition) is 4. The summed E-state index contributed by atoms with van der Waals surface area (Å²) in [6.45, 7) is 3.07. The van der Waals surface area contributed by atoms with Crippen molar-refractivity contribution in [1.29, 1.82) is 0 Å². The first-order valence-corrected chi connectivity index (χ1v) is 5.22. The minimum Gasteiger partial charge on any atom is -0.368 e. The van der Waals surface area contributed by atoms with Crippen molar-refractivity contribution in [3.05, 3.63) is 39.7 Å². The number of nitro benzene ring substituents is 1. The van der Waals surface area contributed by atoms with E-state index in [0.29, 0.717) is 0 Å². The van der Waals surface area contributed by atoms with Gasteiger partial charge in [0.05, 0.1) is 10.5 Å². The Hall–Kier alpha value is -2.02. The van der Waals surface area contributed by atoms with Crippen LogP contribution in [0.2, 0.25) is 0 Å². The molecule has 0 atom stereocenters. The molecule has 3 N–H and O–H groups in total. The molecule has 1 amide bonds. The highest BCUT2D eigenvalue weighted by Crippen LogP contribution is 2.20. The number of carbonyl (C=O) groups excluding carboxylic acids is 1. The van der Waals surface area contributed by atoms with E-state index in [1.165, 1.54) is 12.1 Å². The van der Waals surface area contributed by atoms with Crippen LogP contribution in [0.5, 0.6) is 0 Å². The van der Waals surface area contributed by atoms with Crippen LogP contribution in [0, 0.1) is 15.9 Å². The van der Waals surface area contributed by atoms with Crippen molar-refractivity contribution >= 4 is 11.6 Å². The SMILES string of the molecule is CC(C)(NCc1cccc([N+](=O)[O-])c1F)C(N)=O. The van der Waals surface area contributed by atoms with E-state index >= 15 is 0 Å². The number of benzene rings is 1. The summed E-state index contributed by atoms with van der Waals surface area (Å²) in [7, 11) is 0. The Balaban J connectivity index is 2.90. The molecule has 1 aromatic rings. The Morgan fingerprint density at radius 2 is 2.17 bits per heavy atom. The van der Waals surface area contributed by atoms with E-state index in [1.54, 1.807) is 13.8 Å². The van der Waals surface area contributed by atoms with E-state index in [1.807, 2.05) is 0 Å². The van der Waals surface area contributed by atoms with Gasteiger partial charge in [-0.05, 0) is 13.8 Å². The number of nitro groups is 1. The molecule has 0 saturated carbocycles. The number of nitrogens with two attached hydrogens (primary N) is 1. The van der Waals surface area contributed by atoms with Crippen LogP contribution in [0.1, 0.15) is 19.4 Å². The summed E-state index contributed by atoms with van der Waals surface area (Å²) in [6, 6.07) is 3.87. The van der Waals surface area contributed by atoms with Crippen LogP contribution in [-0.2, 0) is 11.3 Å². The minimum absolute atomic E-state index is 0.0244. The molecule has 0 radical (unpaired) electrons. The predicted molar refractivity (Wildman–Crippen MR) is 63.2 cm³/mol. The average Bonchev–Trinajstić information content (AvgIpc) is 2.27. The zero-order valence-electron chi connectivity index (χ0n) is 10.1. The molecule has 0 saturated heterocycles. The van der Waals surface area contributed by atoms with Crippen molar-refractivity contribution in [2.45, 2.75) is 25.9 Å². The van der Waals surface area contributed by atoms with Crippen LogP contribution in [-0.4, -0.2) is 16.4 Å². The molecule has 1 rings (SSSR count). The van der Waals surface area contributed by atoms with Crippen molar-refractivity contribution in [2.75, 3.05) is 0 Å². The maximum absolute atomic E-state index is 13.7. The molecular weight excluding hydrogens is 241 g/mol. The number of amides is 1. The van der Waals surface area contributed by atoms with Crippen LogP contribution in [0.4, 0.5) is 10.1 Å². The fourth-order valence-corrected chi connectivity index (χ4v) is 1.25. The fraction of sp³-hybridized carbons (Fsp3) is 0.364. The molecule has 0 aliphatic rings. The Bertz CT molecular complexity index is 488. The van der Waals surface area contributed by atoms with E-state index in [2.05, 4.69) is 5.32 Å². The normalized spacial score (nSPS) is 11.3. The quantitative estimate of drug-likeness (QED) is 0.607. The van der Waals surface area contributed by atoms with Gasteiger partial charge in [-0.3, -0.25) is 20.2 Å². The van der Waals surface area contributed by atoms with Gasteiger partial charge in [-0.25, -0.2) is 0 Å².